The largest absolute Gasteiger partial charge is 0.416 e. The lowest BCUT2D eigenvalue weighted by Gasteiger charge is -2.41. The second kappa shape index (κ2) is 13.9. The van der Waals surface area contributed by atoms with E-state index in [1.807, 2.05) is 6.26 Å². The Balaban J connectivity index is 1.70. The van der Waals surface area contributed by atoms with E-state index in [9.17, 15) is 31.2 Å². The van der Waals surface area contributed by atoms with Gasteiger partial charge in [0.05, 0.1) is 22.8 Å². The number of nitrogens with zero attached hydrogens (tertiary/aromatic N) is 1. The number of nitrogens with one attached hydrogen (secondary N) is 2. The summed E-state index contributed by atoms with van der Waals surface area (Å²) in [6.07, 6.45) is -0.744. The average Bonchev–Trinajstić information content (AvgIpc) is 2.93. The van der Waals surface area contributed by atoms with Gasteiger partial charge in [0, 0.05) is 22.5 Å². The normalized spacial score (nSPS) is 19.8. The van der Waals surface area contributed by atoms with Crippen LogP contribution in [0.15, 0.2) is 58.3 Å². The van der Waals surface area contributed by atoms with E-state index in [0.717, 1.165) is 42.6 Å². The summed E-state index contributed by atoms with van der Waals surface area (Å²) in [5.74, 6) is -1.82. The molecule has 1 fully saturated rings. The van der Waals surface area contributed by atoms with Crippen molar-refractivity contribution in [3.8, 4) is 0 Å². The van der Waals surface area contributed by atoms with Crippen LogP contribution in [0.1, 0.15) is 49.0 Å². The van der Waals surface area contributed by atoms with Gasteiger partial charge in [0.1, 0.15) is 0 Å². The van der Waals surface area contributed by atoms with Crippen LogP contribution in [0.4, 0.5) is 13.2 Å². The van der Waals surface area contributed by atoms with Gasteiger partial charge in [-0.1, -0.05) is 19.9 Å². The number of sulfone groups is 1. The van der Waals surface area contributed by atoms with E-state index in [-0.39, 0.29) is 28.2 Å². The molecule has 3 atom stereocenters. The summed E-state index contributed by atoms with van der Waals surface area (Å²) in [5.41, 5.74) is -1.17. The van der Waals surface area contributed by atoms with E-state index in [1.54, 1.807) is 24.3 Å². The number of amides is 2. The first kappa shape index (κ1) is 32.0. The number of hydrogen-bond donors (Lipinski definition) is 2. The molecule has 0 bridgehead atoms. The minimum atomic E-state index is -4.59. The number of benzene rings is 2. The maximum absolute atomic E-state index is 13.3. The molecule has 0 aliphatic heterocycles. The van der Waals surface area contributed by atoms with Crippen molar-refractivity contribution in [3.63, 3.8) is 0 Å². The number of carbonyl (C=O) groups is 2. The van der Waals surface area contributed by atoms with Crippen LogP contribution in [0.5, 0.6) is 0 Å². The van der Waals surface area contributed by atoms with E-state index in [4.69, 9.17) is 0 Å². The first-order chi connectivity index (χ1) is 18.9. The summed E-state index contributed by atoms with van der Waals surface area (Å²) < 4.78 is 65.6. The van der Waals surface area contributed by atoms with Crippen molar-refractivity contribution in [1.82, 2.24) is 15.5 Å². The lowest BCUT2D eigenvalue weighted by molar-refractivity contribution is -0.137. The summed E-state index contributed by atoms with van der Waals surface area (Å²) in [5, 5.41) is 5.24. The van der Waals surface area contributed by atoms with Gasteiger partial charge in [-0.3, -0.25) is 9.59 Å². The fraction of sp³-hybridized carbons (Fsp3) is 0.500. The molecular weight excluding hydrogens is 563 g/mol. The van der Waals surface area contributed by atoms with Crippen molar-refractivity contribution in [2.75, 3.05) is 31.6 Å². The predicted octanol–water partition coefficient (Wildman–Crippen LogP) is 4.63. The Bertz CT molecular complexity index is 1270. The molecule has 0 aromatic heterocycles. The molecule has 40 heavy (non-hydrogen) atoms. The van der Waals surface area contributed by atoms with Crippen LogP contribution in [0.25, 0.3) is 0 Å². The second-order valence-electron chi connectivity index (χ2n) is 9.84. The molecule has 2 aromatic rings. The van der Waals surface area contributed by atoms with Crippen molar-refractivity contribution in [1.29, 1.82) is 0 Å². The maximum Gasteiger partial charge on any atom is 0.416 e. The average molecular weight is 600 g/mol. The van der Waals surface area contributed by atoms with E-state index in [1.165, 1.54) is 17.8 Å². The summed E-state index contributed by atoms with van der Waals surface area (Å²) in [6, 6.07) is 10.5. The van der Waals surface area contributed by atoms with E-state index in [0.29, 0.717) is 12.8 Å². The molecule has 0 heterocycles. The van der Waals surface area contributed by atoms with Gasteiger partial charge >= 0.3 is 6.18 Å². The third kappa shape index (κ3) is 8.47. The Labute approximate surface area is 238 Å². The third-order valence-corrected chi connectivity index (χ3v) is 9.94. The molecule has 2 N–H and O–H groups in total. The molecule has 3 rings (SSSR count). The highest BCUT2D eigenvalue weighted by Crippen LogP contribution is 2.32. The van der Waals surface area contributed by atoms with Gasteiger partial charge in [-0.15, -0.1) is 11.8 Å². The fourth-order valence-corrected chi connectivity index (χ4v) is 7.29. The molecule has 7 nitrogen and oxygen atoms in total. The van der Waals surface area contributed by atoms with E-state index in [2.05, 4.69) is 29.4 Å². The highest BCUT2D eigenvalue weighted by atomic mass is 32.2. The number of alkyl halides is 3. The molecule has 1 aliphatic rings. The van der Waals surface area contributed by atoms with Gasteiger partial charge in [0.15, 0.2) is 9.84 Å². The van der Waals surface area contributed by atoms with Crippen molar-refractivity contribution < 1.29 is 31.2 Å². The predicted molar refractivity (Wildman–Crippen MR) is 150 cm³/mol. The van der Waals surface area contributed by atoms with E-state index >= 15 is 0 Å². The zero-order valence-electron chi connectivity index (χ0n) is 22.8. The van der Waals surface area contributed by atoms with Crippen LogP contribution >= 0.6 is 11.8 Å². The lowest BCUT2D eigenvalue weighted by atomic mass is 9.81. The quantitative estimate of drug-likeness (QED) is 0.366. The number of halogens is 3. The van der Waals surface area contributed by atoms with Gasteiger partial charge in [-0.25, -0.2) is 8.42 Å². The SMILES string of the molecule is CCN(CC)[C@H]1CC[C@H](NC(=O)CNC(=O)c2cccc(C(F)(F)F)c2)[C@@H](CS(=O)(=O)c2ccc(SC)cc2)C1. The summed E-state index contributed by atoms with van der Waals surface area (Å²) in [7, 11) is -3.63. The molecule has 12 heteroatoms. The molecule has 1 saturated carbocycles. The van der Waals surface area contributed by atoms with Gasteiger partial charge in [0.25, 0.3) is 5.91 Å². The molecule has 1 aliphatic carbocycles. The van der Waals surface area contributed by atoms with Crippen LogP contribution in [0.2, 0.25) is 0 Å². The third-order valence-electron chi connectivity index (χ3n) is 7.34. The number of rotatable bonds is 11. The maximum atomic E-state index is 13.3. The van der Waals surface area contributed by atoms with Crippen molar-refractivity contribution in [2.24, 2.45) is 5.92 Å². The molecule has 220 valence electrons. The van der Waals surface area contributed by atoms with Crippen LogP contribution in [0.3, 0.4) is 0 Å². The molecule has 0 unspecified atom stereocenters. The van der Waals surface area contributed by atoms with Crippen LogP contribution < -0.4 is 10.6 Å². The second-order valence-corrected chi connectivity index (χ2v) is 12.8. The lowest BCUT2D eigenvalue weighted by Crippen LogP contribution is -2.52. The van der Waals surface area contributed by atoms with Crippen LogP contribution in [-0.4, -0.2) is 68.9 Å². The number of thioether (sulfide) groups is 1. The minimum absolute atomic E-state index is 0.134. The molecule has 0 saturated heterocycles. The van der Waals surface area contributed by atoms with Crippen LogP contribution in [0, 0.1) is 5.92 Å². The summed E-state index contributed by atoms with van der Waals surface area (Å²) >= 11 is 1.52. The summed E-state index contributed by atoms with van der Waals surface area (Å²) in [4.78, 5) is 28.7. The Morgan fingerprint density at radius 2 is 1.73 bits per heavy atom. The zero-order chi connectivity index (χ0) is 29.5. The van der Waals surface area contributed by atoms with Gasteiger partial charge in [-0.2, -0.15) is 13.2 Å². The molecule has 0 radical (unpaired) electrons. The Morgan fingerprint density at radius 1 is 1.05 bits per heavy atom. The first-order valence-electron chi connectivity index (χ1n) is 13.2. The Morgan fingerprint density at radius 3 is 2.33 bits per heavy atom. The summed E-state index contributed by atoms with van der Waals surface area (Å²) in [6.45, 7) is 5.33. The number of carbonyl (C=O) groups excluding carboxylic acids is 2. The van der Waals surface area contributed by atoms with Crippen molar-refractivity contribution in [2.45, 2.75) is 61.2 Å². The molecule has 2 amide bonds. The first-order valence-corrected chi connectivity index (χ1v) is 16.1. The zero-order valence-corrected chi connectivity index (χ0v) is 24.5. The van der Waals surface area contributed by atoms with Gasteiger partial charge in [-0.05, 0) is 87.0 Å². The monoisotopic (exact) mass is 599 g/mol. The van der Waals surface area contributed by atoms with Crippen molar-refractivity contribution in [3.05, 3.63) is 59.7 Å². The topological polar surface area (TPSA) is 95.6 Å². The fourth-order valence-electron chi connectivity index (χ4n) is 5.20. The van der Waals surface area contributed by atoms with E-state index < -0.39 is 46.0 Å². The minimum Gasteiger partial charge on any atom is -0.352 e. The van der Waals surface area contributed by atoms with Crippen molar-refractivity contribution >= 4 is 33.4 Å². The standard InChI is InChI=1S/C28H36F3N3O4S2/c1-4-34(5-2)22-9-14-25(20(16-22)18-40(37,38)24-12-10-23(39-3)11-13-24)33-26(35)17-32-27(36)19-7-6-8-21(15-19)28(29,30)31/h6-8,10-13,15,20,22,25H,4-5,9,14,16-18H2,1-3H3,(H,32,36)(H,33,35)/t20-,22+,25+/m1/s1. The number of hydrogen-bond acceptors (Lipinski definition) is 6. The smallest absolute Gasteiger partial charge is 0.352 e. The van der Waals surface area contributed by atoms with Gasteiger partial charge in [0.2, 0.25) is 5.91 Å². The molecule has 0 spiro atoms. The Hall–Kier alpha value is -2.57. The molecular formula is C28H36F3N3O4S2. The highest BCUT2D eigenvalue weighted by molar-refractivity contribution is 7.98. The Kier molecular flexibility index (Phi) is 11.1. The van der Waals surface area contributed by atoms with Gasteiger partial charge < -0.3 is 15.5 Å². The highest BCUT2D eigenvalue weighted by Gasteiger charge is 2.36. The van der Waals surface area contributed by atoms with Crippen LogP contribution in [-0.2, 0) is 20.8 Å². The molecule has 2 aromatic carbocycles.